The molecule has 2 aliphatic carbocycles. The standard InChI is InChI=1S/C40H28N2/c1-2-8-27(9-3-1)33-21-22-36-37(26-38(42-39(36)25-33)34-20-15-28-10-4-5-11-32(28)24-34)30-18-16-29(17-19-30)35-14-6-12-31-13-7-23-41-40(31)35/h1-14,16-26,28H,15H2. The summed E-state index contributed by atoms with van der Waals surface area (Å²) in [5.74, 6) is 0.458. The molecule has 1 atom stereocenters. The number of hydrogen-bond donors (Lipinski definition) is 0. The summed E-state index contributed by atoms with van der Waals surface area (Å²) in [7, 11) is 0. The molecule has 2 aliphatic rings. The zero-order valence-electron chi connectivity index (χ0n) is 23.1. The van der Waals surface area contributed by atoms with Gasteiger partial charge in [0.25, 0.3) is 0 Å². The van der Waals surface area contributed by atoms with Crippen molar-refractivity contribution in [1.82, 2.24) is 9.97 Å². The second-order valence-corrected chi connectivity index (χ2v) is 11.0. The molecule has 0 spiro atoms. The van der Waals surface area contributed by atoms with E-state index in [4.69, 9.17) is 4.98 Å². The number of aromatic nitrogens is 2. The molecule has 198 valence electrons. The Kier molecular flexibility index (Phi) is 5.97. The topological polar surface area (TPSA) is 25.8 Å². The van der Waals surface area contributed by atoms with E-state index in [1.165, 1.54) is 33.4 Å². The Morgan fingerprint density at radius 3 is 2.33 bits per heavy atom. The van der Waals surface area contributed by atoms with E-state index >= 15 is 0 Å². The smallest absolute Gasteiger partial charge is 0.0780 e. The first-order valence-corrected chi connectivity index (χ1v) is 14.5. The summed E-state index contributed by atoms with van der Waals surface area (Å²) in [5.41, 5.74) is 12.6. The monoisotopic (exact) mass is 536 g/mol. The molecule has 8 rings (SSSR count). The van der Waals surface area contributed by atoms with Gasteiger partial charge in [-0.3, -0.25) is 4.98 Å². The maximum absolute atomic E-state index is 5.24. The van der Waals surface area contributed by atoms with Gasteiger partial charge in [0.2, 0.25) is 0 Å². The van der Waals surface area contributed by atoms with Gasteiger partial charge in [-0.15, -0.1) is 0 Å². The van der Waals surface area contributed by atoms with Crippen LogP contribution in [0.5, 0.6) is 0 Å². The summed E-state index contributed by atoms with van der Waals surface area (Å²) in [6.07, 6.45) is 16.3. The van der Waals surface area contributed by atoms with Gasteiger partial charge in [0.15, 0.2) is 0 Å². The maximum atomic E-state index is 5.24. The molecule has 0 aliphatic heterocycles. The molecule has 0 N–H and O–H groups in total. The molecule has 6 aromatic rings. The number of pyridine rings is 2. The molecule has 0 amide bonds. The lowest BCUT2D eigenvalue weighted by Crippen LogP contribution is -2.06. The average molecular weight is 537 g/mol. The van der Waals surface area contributed by atoms with Crippen molar-refractivity contribution in [2.24, 2.45) is 5.92 Å². The van der Waals surface area contributed by atoms with E-state index in [0.29, 0.717) is 5.92 Å². The average Bonchev–Trinajstić information content (AvgIpc) is 3.07. The van der Waals surface area contributed by atoms with Gasteiger partial charge in [-0.1, -0.05) is 121 Å². The van der Waals surface area contributed by atoms with Crippen LogP contribution in [-0.4, -0.2) is 9.97 Å². The molecule has 2 heterocycles. The molecule has 1 unspecified atom stereocenters. The predicted molar refractivity (Wildman–Crippen MR) is 176 cm³/mol. The highest BCUT2D eigenvalue weighted by molar-refractivity contribution is 5.99. The van der Waals surface area contributed by atoms with E-state index in [1.54, 1.807) is 0 Å². The van der Waals surface area contributed by atoms with E-state index < -0.39 is 0 Å². The minimum Gasteiger partial charge on any atom is -0.256 e. The van der Waals surface area contributed by atoms with Crippen molar-refractivity contribution < 1.29 is 0 Å². The predicted octanol–water partition coefficient (Wildman–Crippen LogP) is 10.2. The fraction of sp³-hybridized carbons (Fsp3) is 0.0500. The summed E-state index contributed by atoms with van der Waals surface area (Å²) in [6.45, 7) is 0. The van der Waals surface area contributed by atoms with E-state index in [-0.39, 0.29) is 0 Å². The fourth-order valence-electron chi connectivity index (χ4n) is 6.23. The molecular formula is C40H28N2. The Morgan fingerprint density at radius 1 is 0.643 bits per heavy atom. The van der Waals surface area contributed by atoms with Crippen LogP contribution in [0.4, 0.5) is 0 Å². The van der Waals surface area contributed by atoms with Gasteiger partial charge in [0, 0.05) is 28.5 Å². The molecule has 2 aromatic heterocycles. The molecule has 4 aromatic carbocycles. The number of fused-ring (bicyclic) bond motifs is 3. The van der Waals surface area contributed by atoms with Crippen LogP contribution in [-0.2, 0) is 0 Å². The molecule has 2 nitrogen and oxygen atoms in total. The lowest BCUT2D eigenvalue weighted by atomic mass is 9.84. The van der Waals surface area contributed by atoms with Crippen LogP contribution in [0.15, 0.2) is 157 Å². The first kappa shape index (κ1) is 24.5. The third kappa shape index (κ3) is 4.38. The largest absolute Gasteiger partial charge is 0.256 e. The van der Waals surface area contributed by atoms with Crippen LogP contribution in [0, 0.1) is 5.92 Å². The zero-order chi connectivity index (χ0) is 27.9. The molecule has 0 saturated heterocycles. The van der Waals surface area contributed by atoms with Crippen LogP contribution in [0.3, 0.4) is 0 Å². The SMILES string of the molecule is C1=CC2=CC(c3cc(-c4ccc(-c5cccc6cccnc56)cc4)c4ccc(-c5ccccc5)cc4n3)=CCC2C=C1. The third-order valence-electron chi connectivity index (χ3n) is 8.44. The number of allylic oxidation sites excluding steroid dienone is 8. The number of hydrogen-bond acceptors (Lipinski definition) is 2. The van der Waals surface area contributed by atoms with E-state index in [9.17, 15) is 0 Å². The Morgan fingerprint density at radius 2 is 1.45 bits per heavy atom. The molecule has 2 heteroatoms. The van der Waals surface area contributed by atoms with Gasteiger partial charge >= 0.3 is 0 Å². The summed E-state index contributed by atoms with van der Waals surface area (Å²) < 4.78 is 0. The Balaban J connectivity index is 1.27. The summed E-state index contributed by atoms with van der Waals surface area (Å²) in [5, 5.41) is 2.30. The number of benzene rings is 4. The lowest BCUT2D eigenvalue weighted by molar-refractivity contribution is 0.782. The highest BCUT2D eigenvalue weighted by atomic mass is 14.7. The number of nitrogens with zero attached hydrogens (tertiary/aromatic N) is 2. The Bertz CT molecular complexity index is 2090. The van der Waals surface area contributed by atoms with Gasteiger partial charge in [-0.25, -0.2) is 4.98 Å². The zero-order valence-corrected chi connectivity index (χ0v) is 23.1. The second kappa shape index (κ2) is 10.2. The summed E-state index contributed by atoms with van der Waals surface area (Å²) in [4.78, 5) is 9.92. The Hall–Kier alpha value is -5.34. The molecular weight excluding hydrogens is 508 g/mol. The van der Waals surface area contributed by atoms with Gasteiger partial charge in [0.1, 0.15) is 0 Å². The molecule has 0 fully saturated rings. The fourth-order valence-corrected chi connectivity index (χ4v) is 6.23. The van der Waals surface area contributed by atoms with Gasteiger partial charge in [-0.05, 0) is 69.7 Å². The maximum Gasteiger partial charge on any atom is 0.0780 e. The van der Waals surface area contributed by atoms with Crippen LogP contribution < -0.4 is 0 Å². The highest BCUT2D eigenvalue weighted by Gasteiger charge is 2.18. The van der Waals surface area contributed by atoms with Crippen LogP contribution in [0.2, 0.25) is 0 Å². The molecule has 0 saturated carbocycles. The van der Waals surface area contributed by atoms with E-state index in [1.807, 2.05) is 12.3 Å². The Labute approximate surface area is 245 Å². The normalized spacial score (nSPS) is 15.9. The minimum absolute atomic E-state index is 0.458. The van der Waals surface area contributed by atoms with Crippen molar-refractivity contribution in [3.05, 3.63) is 163 Å². The van der Waals surface area contributed by atoms with Crippen molar-refractivity contribution in [3.63, 3.8) is 0 Å². The second-order valence-electron chi connectivity index (χ2n) is 11.0. The van der Waals surface area contributed by atoms with Gasteiger partial charge in [0.05, 0.1) is 16.7 Å². The van der Waals surface area contributed by atoms with Crippen molar-refractivity contribution in [3.8, 4) is 33.4 Å². The van der Waals surface area contributed by atoms with Crippen molar-refractivity contribution in [1.29, 1.82) is 0 Å². The van der Waals surface area contributed by atoms with Crippen molar-refractivity contribution >= 4 is 27.4 Å². The van der Waals surface area contributed by atoms with Gasteiger partial charge < -0.3 is 0 Å². The first-order valence-electron chi connectivity index (χ1n) is 14.5. The van der Waals surface area contributed by atoms with E-state index in [0.717, 1.165) is 45.0 Å². The van der Waals surface area contributed by atoms with E-state index in [2.05, 4.69) is 145 Å². The lowest BCUT2D eigenvalue weighted by Gasteiger charge is -2.21. The molecule has 0 radical (unpaired) electrons. The van der Waals surface area contributed by atoms with Gasteiger partial charge in [-0.2, -0.15) is 0 Å². The number of para-hydroxylation sites is 1. The summed E-state index contributed by atoms with van der Waals surface area (Å²) >= 11 is 0. The molecule has 0 bridgehead atoms. The van der Waals surface area contributed by atoms with Crippen molar-refractivity contribution in [2.45, 2.75) is 6.42 Å². The number of rotatable bonds is 4. The van der Waals surface area contributed by atoms with Crippen LogP contribution in [0.25, 0.3) is 60.8 Å². The first-order chi connectivity index (χ1) is 20.8. The van der Waals surface area contributed by atoms with Crippen LogP contribution in [0.1, 0.15) is 12.1 Å². The highest BCUT2D eigenvalue weighted by Crippen LogP contribution is 2.38. The molecule has 42 heavy (non-hydrogen) atoms. The minimum atomic E-state index is 0.458. The quantitative estimate of drug-likeness (QED) is 0.224. The van der Waals surface area contributed by atoms with Crippen LogP contribution >= 0.6 is 0 Å². The summed E-state index contributed by atoms with van der Waals surface area (Å²) in [6, 6.07) is 38.9. The van der Waals surface area contributed by atoms with Crippen molar-refractivity contribution in [2.75, 3.05) is 0 Å². The third-order valence-corrected chi connectivity index (χ3v) is 8.44.